The van der Waals surface area contributed by atoms with Crippen molar-refractivity contribution >= 4 is 34.7 Å². The zero-order valence-electron chi connectivity index (χ0n) is 15.5. The normalized spacial score (nSPS) is 10.6. The van der Waals surface area contributed by atoms with E-state index in [-0.39, 0.29) is 5.91 Å². The molecule has 2 aromatic heterocycles. The van der Waals surface area contributed by atoms with Gasteiger partial charge >= 0.3 is 0 Å². The highest BCUT2D eigenvalue weighted by Crippen LogP contribution is 2.20. The lowest BCUT2D eigenvalue weighted by Gasteiger charge is -2.10. The van der Waals surface area contributed by atoms with Crippen molar-refractivity contribution in [2.24, 2.45) is 0 Å². The lowest BCUT2D eigenvalue weighted by atomic mass is 10.2. The Balaban J connectivity index is 1.44. The van der Waals surface area contributed by atoms with Crippen molar-refractivity contribution in [2.45, 2.75) is 6.92 Å². The van der Waals surface area contributed by atoms with Crippen LogP contribution in [0.3, 0.4) is 0 Å². The number of benzene rings is 2. The number of carbonyl (C=O) groups excluding carboxylic acids is 1. The van der Waals surface area contributed by atoms with Crippen molar-refractivity contribution in [1.29, 1.82) is 0 Å². The van der Waals surface area contributed by atoms with E-state index >= 15 is 0 Å². The van der Waals surface area contributed by atoms with Crippen LogP contribution in [0.5, 0.6) is 0 Å². The summed E-state index contributed by atoms with van der Waals surface area (Å²) in [4.78, 5) is 25.0. The minimum Gasteiger partial charge on any atom is -0.340 e. The SMILES string of the molecule is Cc1nccn1-c1cc(Nc2ccc(NC(=O)c3ccc(Cl)cc3)cc2)ncn1. The van der Waals surface area contributed by atoms with Crippen LogP contribution in [0.4, 0.5) is 17.2 Å². The van der Waals surface area contributed by atoms with Crippen molar-refractivity contribution in [1.82, 2.24) is 19.5 Å². The van der Waals surface area contributed by atoms with Crippen molar-refractivity contribution in [3.05, 3.63) is 89.7 Å². The van der Waals surface area contributed by atoms with Gasteiger partial charge in [-0.1, -0.05) is 11.6 Å². The molecule has 0 spiro atoms. The number of nitrogens with zero attached hydrogens (tertiary/aromatic N) is 4. The molecule has 2 aromatic carbocycles. The average Bonchev–Trinajstić information content (AvgIpc) is 3.16. The first-order chi connectivity index (χ1) is 14.1. The Morgan fingerprint density at radius 1 is 0.966 bits per heavy atom. The summed E-state index contributed by atoms with van der Waals surface area (Å²) in [6.07, 6.45) is 5.07. The van der Waals surface area contributed by atoms with Crippen LogP contribution >= 0.6 is 11.6 Å². The molecule has 0 saturated carbocycles. The number of halogens is 1. The van der Waals surface area contributed by atoms with Gasteiger partial charge < -0.3 is 10.6 Å². The molecule has 2 heterocycles. The van der Waals surface area contributed by atoms with Crippen LogP contribution in [0.2, 0.25) is 5.02 Å². The molecule has 29 heavy (non-hydrogen) atoms. The van der Waals surface area contributed by atoms with Gasteiger partial charge in [0.2, 0.25) is 0 Å². The van der Waals surface area contributed by atoms with E-state index in [9.17, 15) is 4.79 Å². The average molecular weight is 405 g/mol. The highest BCUT2D eigenvalue weighted by molar-refractivity contribution is 6.30. The highest BCUT2D eigenvalue weighted by Gasteiger charge is 2.07. The summed E-state index contributed by atoms with van der Waals surface area (Å²) in [5.74, 6) is 2.03. The van der Waals surface area contributed by atoms with Gasteiger partial charge in [0.1, 0.15) is 23.8 Å². The molecule has 8 heteroatoms. The van der Waals surface area contributed by atoms with Crippen LogP contribution in [0.15, 0.2) is 73.3 Å². The lowest BCUT2D eigenvalue weighted by Crippen LogP contribution is -2.11. The Morgan fingerprint density at radius 3 is 2.38 bits per heavy atom. The number of anilines is 3. The Morgan fingerprint density at radius 2 is 1.69 bits per heavy atom. The van der Waals surface area contributed by atoms with Gasteiger partial charge in [-0.05, 0) is 55.5 Å². The third-order valence-electron chi connectivity index (χ3n) is 4.25. The summed E-state index contributed by atoms with van der Waals surface area (Å²) in [6, 6.07) is 15.9. The van der Waals surface area contributed by atoms with Gasteiger partial charge in [0.05, 0.1) is 0 Å². The summed E-state index contributed by atoms with van der Waals surface area (Å²) >= 11 is 5.85. The number of hydrogen-bond acceptors (Lipinski definition) is 5. The topological polar surface area (TPSA) is 84.7 Å². The number of carbonyl (C=O) groups is 1. The van der Waals surface area contributed by atoms with Crippen LogP contribution in [0.1, 0.15) is 16.2 Å². The van der Waals surface area contributed by atoms with Crippen molar-refractivity contribution in [3.8, 4) is 5.82 Å². The van der Waals surface area contributed by atoms with E-state index < -0.39 is 0 Å². The number of hydrogen-bond donors (Lipinski definition) is 2. The zero-order chi connectivity index (χ0) is 20.2. The quantitative estimate of drug-likeness (QED) is 0.507. The van der Waals surface area contributed by atoms with E-state index in [1.165, 1.54) is 6.33 Å². The molecule has 4 aromatic rings. The van der Waals surface area contributed by atoms with E-state index in [4.69, 9.17) is 11.6 Å². The van der Waals surface area contributed by atoms with Gasteiger partial charge in [-0.3, -0.25) is 9.36 Å². The first kappa shape index (κ1) is 18.6. The first-order valence-electron chi connectivity index (χ1n) is 8.85. The van der Waals surface area contributed by atoms with Gasteiger partial charge in [0.15, 0.2) is 0 Å². The molecule has 0 atom stereocenters. The lowest BCUT2D eigenvalue weighted by molar-refractivity contribution is 0.102. The summed E-state index contributed by atoms with van der Waals surface area (Å²) < 4.78 is 1.88. The van der Waals surface area contributed by atoms with Crippen LogP contribution in [0, 0.1) is 6.92 Å². The Hall–Kier alpha value is -3.71. The van der Waals surface area contributed by atoms with E-state index in [1.54, 1.807) is 30.5 Å². The number of aromatic nitrogens is 4. The molecule has 0 aliphatic heterocycles. The molecule has 0 bridgehead atoms. The van der Waals surface area contributed by atoms with Gasteiger partial charge in [-0.2, -0.15) is 0 Å². The molecule has 0 radical (unpaired) electrons. The molecule has 144 valence electrons. The smallest absolute Gasteiger partial charge is 0.255 e. The van der Waals surface area contributed by atoms with E-state index in [0.29, 0.717) is 22.1 Å². The molecule has 7 nitrogen and oxygen atoms in total. The number of rotatable bonds is 5. The third kappa shape index (κ3) is 4.41. The molecule has 0 aliphatic carbocycles. The monoisotopic (exact) mass is 404 g/mol. The van der Waals surface area contributed by atoms with Gasteiger partial charge in [-0.25, -0.2) is 15.0 Å². The van der Waals surface area contributed by atoms with Crippen molar-refractivity contribution < 1.29 is 4.79 Å². The molecule has 1 amide bonds. The second kappa shape index (κ2) is 8.12. The Kier molecular flexibility index (Phi) is 5.22. The largest absolute Gasteiger partial charge is 0.340 e. The molecule has 2 N–H and O–H groups in total. The fourth-order valence-corrected chi connectivity index (χ4v) is 2.88. The molecular formula is C21H17ClN6O. The standard InChI is InChI=1S/C21H17ClN6O/c1-14-23-10-11-28(14)20-12-19(24-13-25-20)26-17-6-8-18(9-7-17)27-21(29)15-2-4-16(22)5-3-15/h2-13H,1H3,(H,27,29)(H,24,25,26). The van der Waals surface area contributed by atoms with Crippen LogP contribution in [-0.2, 0) is 0 Å². The predicted molar refractivity (Wildman–Crippen MR) is 113 cm³/mol. The second-order valence-electron chi connectivity index (χ2n) is 6.27. The fraction of sp³-hybridized carbons (Fsp3) is 0.0476. The summed E-state index contributed by atoms with van der Waals surface area (Å²) in [5, 5.41) is 6.68. The second-order valence-corrected chi connectivity index (χ2v) is 6.71. The van der Waals surface area contributed by atoms with Crippen LogP contribution in [0.25, 0.3) is 5.82 Å². The molecule has 0 unspecified atom stereocenters. The number of nitrogens with one attached hydrogen (secondary N) is 2. The maximum absolute atomic E-state index is 12.3. The maximum Gasteiger partial charge on any atom is 0.255 e. The van der Waals surface area contributed by atoms with Gasteiger partial charge in [-0.15, -0.1) is 0 Å². The van der Waals surface area contributed by atoms with Crippen molar-refractivity contribution in [3.63, 3.8) is 0 Å². The summed E-state index contributed by atoms with van der Waals surface area (Å²) in [7, 11) is 0. The fourth-order valence-electron chi connectivity index (χ4n) is 2.76. The number of aryl methyl sites for hydroxylation is 1. The molecule has 0 saturated heterocycles. The molecule has 4 rings (SSSR count). The highest BCUT2D eigenvalue weighted by atomic mass is 35.5. The van der Waals surface area contributed by atoms with E-state index in [0.717, 1.165) is 17.3 Å². The van der Waals surface area contributed by atoms with Gasteiger partial charge in [0, 0.05) is 40.4 Å². The molecule has 0 fully saturated rings. The first-order valence-corrected chi connectivity index (χ1v) is 9.23. The number of amides is 1. The number of imidazole rings is 1. The Labute approximate surface area is 172 Å². The van der Waals surface area contributed by atoms with E-state index in [2.05, 4.69) is 25.6 Å². The minimum absolute atomic E-state index is 0.196. The summed E-state index contributed by atoms with van der Waals surface area (Å²) in [5.41, 5.74) is 2.06. The third-order valence-corrected chi connectivity index (χ3v) is 4.50. The zero-order valence-corrected chi connectivity index (χ0v) is 16.3. The minimum atomic E-state index is -0.196. The predicted octanol–water partition coefficient (Wildman–Crippen LogP) is 4.62. The van der Waals surface area contributed by atoms with E-state index in [1.807, 2.05) is 48.0 Å². The van der Waals surface area contributed by atoms with Crippen LogP contribution in [-0.4, -0.2) is 25.4 Å². The summed E-state index contributed by atoms with van der Waals surface area (Å²) in [6.45, 7) is 1.91. The maximum atomic E-state index is 12.3. The Bertz CT molecular complexity index is 1140. The van der Waals surface area contributed by atoms with Crippen LogP contribution < -0.4 is 10.6 Å². The van der Waals surface area contributed by atoms with Gasteiger partial charge in [0.25, 0.3) is 5.91 Å². The molecule has 0 aliphatic rings. The van der Waals surface area contributed by atoms with Crippen molar-refractivity contribution in [2.75, 3.05) is 10.6 Å². The molecular weight excluding hydrogens is 388 g/mol.